The molecule has 17 heavy (non-hydrogen) atoms. The number of aryl methyl sites for hydroxylation is 2. The smallest absolute Gasteiger partial charge is 0.293 e. The largest absolute Gasteiger partial charge is 0.438 e. The fourth-order valence-electron chi connectivity index (χ4n) is 1.38. The lowest BCUT2D eigenvalue weighted by molar-refractivity contribution is 0.0996. The zero-order chi connectivity index (χ0) is 12.4. The Balaban J connectivity index is 2.19. The molecule has 2 rings (SSSR count). The number of anilines is 1. The van der Waals surface area contributed by atoms with Gasteiger partial charge in [-0.25, -0.2) is 9.37 Å². The monoisotopic (exact) mass is 234 g/mol. The molecule has 1 aromatic carbocycles. The molecule has 88 valence electrons. The van der Waals surface area contributed by atoms with Gasteiger partial charge in [0.05, 0.1) is 5.69 Å². The molecule has 0 bridgehead atoms. The van der Waals surface area contributed by atoms with E-state index in [4.69, 9.17) is 4.42 Å². The van der Waals surface area contributed by atoms with Crippen molar-refractivity contribution in [2.24, 2.45) is 0 Å². The third-order valence-electron chi connectivity index (χ3n) is 2.38. The minimum Gasteiger partial charge on any atom is -0.438 e. The number of carbonyl (C=O) groups is 1. The number of halogens is 1. The lowest BCUT2D eigenvalue weighted by Gasteiger charge is -2.04. The summed E-state index contributed by atoms with van der Waals surface area (Å²) >= 11 is 0. The number of amides is 1. The summed E-state index contributed by atoms with van der Waals surface area (Å²) in [7, 11) is 0. The quantitative estimate of drug-likeness (QED) is 0.869. The van der Waals surface area contributed by atoms with Crippen molar-refractivity contribution in [3.05, 3.63) is 47.4 Å². The number of rotatable bonds is 2. The van der Waals surface area contributed by atoms with Gasteiger partial charge in [0.15, 0.2) is 6.39 Å². The van der Waals surface area contributed by atoms with E-state index in [1.165, 1.54) is 12.5 Å². The summed E-state index contributed by atoms with van der Waals surface area (Å²) in [5.74, 6) is -0.675. The van der Waals surface area contributed by atoms with Crippen LogP contribution < -0.4 is 5.32 Å². The zero-order valence-corrected chi connectivity index (χ0v) is 9.45. The number of benzene rings is 1. The minimum absolute atomic E-state index is 0.131. The Bertz CT molecular complexity index is 563. The van der Waals surface area contributed by atoms with Crippen LogP contribution in [0.4, 0.5) is 10.1 Å². The van der Waals surface area contributed by atoms with E-state index in [1.807, 2.05) is 0 Å². The second-order valence-corrected chi connectivity index (χ2v) is 3.68. The Morgan fingerprint density at radius 3 is 2.76 bits per heavy atom. The van der Waals surface area contributed by atoms with Crippen molar-refractivity contribution < 1.29 is 13.6 Å². The number of oxazole rings is 1. The van der Waals surface area contributed by atoms with Gasteiger partial charge in [0.1, 0.15) is 5.82 Å². The van der Waals surface area contributed by atoms with Gasteiger partial charge < -0.3 is 9.73 Å². The second kappa shape index (κ2) is 4.37. The van der Waals surface area contributed by atoms with Crippen LogP contribution in [0.25, 0.3) is 0 Å². The van der Waals surface area contributed by atoms with Gasteiger partial charge in [-0.05, 0) is 31.5 Å². The Morgan fingerprint density at radius 1 is 1.41 bits per heavy atom. The van der Waals surface area contributed by atoms with E-state index in [1.54, 1.807) is 26.0 Å². The number of nitrogens with zero attached hydrogens (tertiary/aromatic N) is 1. The van der Waals surface area contributed by atoms with Crippen LogP contribution in [-0.4, -0.2) is 10.9 Å². The molecule has 1 heterocycles. The molecule has 1 aromatic heterocycles. The standard InChI is InChI=1S/C12H11FN2O2/c1-7-3-4-9(5-10(7)13)15-12(16)11-8(2)14-6-17-11/h3-6H,1-2H3,(H,15,16). The van der Waals surface area contributed by atoms with Crippen LogP contribution in [0, 0.1) is 19.7 Å². The van der Waals surface area contributed by atoms with Crippen LogP contribution >= 0.6 is 0 Å². The summed E-state index contributed by atoms with van der Waals surface area (Å²) in [5, 5.41) is 2.54. The topological polar surface area (TPSA) is 55.1 Å². The van der Waals surface area contributed by atoms with E-state index >= 15 is 0 Å². The summed E-state index contributed by atoms with van der Waals surface area (Å²) in [4.78, 5) is 15.5. The summed E-state index contributed by atoms with van der Waals surface area (Å²) in [5.41, 5.74) is 1.41. The molecule has 0 fully saturated rings. The average Bonchev–Trinajstić information content (AvgIpc) is 2.70. The van der Waals surface area contributed by atoms with E-state index in [0.29, 0.717) is 16.9 Å². The molecule has 1 N–H and O–H groups in total. The summed E-state index contributed by atoms with van der Waals surface area (Å²) in [6, 6.07) is 4.49. The maximum Gasteiger partial charge on any atom is 0.293 e. The van der Waals surface area contributed by atoms with Gasteiger partial charge in [0.2, 0.25) is 5.76 Å². The molecule has 2 aromatic rings. The first-order valence-corrected chi connectivity index (χ1v) is 5.05. The van der Waals surface area contributed by atoms with Crippen LogP contribution in [0.3, 0.4) is 0 Å². The molecule has 0 atom stereocenters. The third kappa shape index (κ3) is 2.33. The first-order chi connectivity index (χ1) is 8.08. The molecule has 0 spiro atoms. The van der Waals surface area contributed by atoms with Gasteiger partial charge in [0, 0.05) is 5.69 Å². The number of nitrogens with one attached hydrogen (secondary N) is 1. The van der Waals surface area contributed by atoms with Crippen LogP contribution in [0.5, 0.6) is 0 Å². The van der Waals surface area contributed by atoms with E-state index in [-0.39, 0.29) is 11.6 Å². The van der Waals surface area contributed by atoms with E-state index in [9.17, 15) is 9.18 Å². The van der Waals surface area contributed by atoms with E-state index in [0.717, 1.165) is 0 Å². The Kier molecular flexibility index (Phi) is 2.91. The minimum atomic E-state index is -0.441. The van der Waals surface area contributed by atoms with Gasteiger partial charge in [-0.15, -0.1) is 0 Å². The molecule has 5 heteroatoms. The lowest BCUT2D eigenvalue weighted by atomic mass is 10.2. The molecule has 4 nitrogen and oxygen atoms in total. The van der Waals surface area contributed by atoms with Crippen molar-refractivity contribution in [1.82, 2.24) is 4.98 Å². The Morgan fingerprint density at radius 2 is 2.18 bits per heavy atom. The van der Waals surface area contributed by atoms with Crippen molar-refractivity contribution in [3.63, 3.8) is 0 Å². The SMILES string of the molecule is Cc1ccc(NC(=O)c2ocnc2C)cc1F. The molecule has 1 amide bonds. The normalized spacial score (nSPS) is 10.3. The highest BCUT2D eigenvalue weighted by molar-refractivity contribution is 6.02. The summed E-state index contributed by atoms with van der Waals surface area (Å²) in [6.07, 6.45) is 1.19. The predicted molar refractivity (Wildman–Crippen MR) is 60.3 cm³/mol. The number of aromatic nitrogens is 1. The van der Waals surface area contributed by atoms with Crippen LogP contribution in [-0.2, 0) is 0 Å². The summed E-state index contributed by atoms with van der Waals surface area (Å²) in [6.45, 7) is 3.32. The number of hydrogen-bond acceptors (Lipinski definition) is 3. The van der Waals surface area contributed by atoms with Gasteiger partial charge in [0.25, 0.3) is 5.91 Å². The molecule has 0 saturated carbocycles. The second-order valence-electron chi connectivity index (χ2n) is 3.68. The maximum absolute atomic E-state index is 13.3. The van der Waals surface area contributed by atoms with Gasteiger partial charge in [-0.1, -0.05) is 6.07 Å². The van der Waals surface area contributed by atoms with Crippen molar-refractivity contribution >= 4 is 11.6 Å². The zero-order valence-electron chi connectivity index (χ0n) is 9.45. The van der Waals surface area contributed by atoms with Crippen LogP contribution in [0.1, 0.15) is 21.8 Å². The summed E-state index contributed by atoms with van der Waals surface area (Å²) < 4.78 is 18.2. The first-order valence-electron chi connectivity index (χ1n) is 5.05. The van der Waals surface area contributed by atoms with Crippen molar-refractivity contribution in [2.75, 3.05) is 5.32 Å². The maximum atomic E-state index is 13.3. The molecular weight excluding hydrogens is 223 g/mol. The Labute approximate surface area is 97.5 Å². The molecule has 0 unspecified atom stereocenters. The molecular formula is C12H11FN2O2. The molecule has 0 aliphatic heterocycles. The number of carbonyl (C=O) groups excluding carboxylic acids is 1. The number of hydrogen-bond donors (Lipinski definition) is 1. The average molecular weight is 234 g/mol. The highest BCUT2D eigenvalue weighted by Gasteiger charge is 2.14. The first kappa shape index (κ1) is 11.3. The highest BCUT2D eigenvalue weighted by Crippen LogP contribution is 2.15. The lowest BCUT2D eigenvalue weighted by Crippen LogP contribution is -2.12. The van der Waals surface area contributed by atoms with Crippen LogP contribution in [0.15, 0.2) is 29.0 Å². The van der Waals surface area contributed by atoms with Gasteiger partial charge >= 0.3 is 0 Å². The van der Waals surface area contributed by atoms with Gasteiger partial charge in [-0.3, -0.25) is 4.79 Å². The fourth-order valence-corrected chi connectivity index (χ4v) is 1.38. The van der Waals surface area contributed by atoms with Gasteiger partial charge in [-0.2, -0.15) is 0 Å². The predicted octanol–water partition coefficient (Wildman–Crippen LogP) is 2.68. The Hall–Kier alpha value is -2.17. The fraction of sp³-hybridized carbons (Fsp3) is 0.167. The molecule has 0 aliphatic carbocycles. The van der Waals surface area contributed by atoms with Crippen molar-refractivity contribution in [1.29, 1.82) is 0 Å². The third-order valence-corrected chi connectivity index (χ3v) is 2.38. The van der Waals surface area contributed by atoms with Crippen molar-refractivity contribution in [2.45, 2.75) is 13.8 Å². The van der Waals surface area contributed by atoms with E-state index in [2.05, 4.69) is 10.3 Å². The molecule has 0 aliphatic rings. The molecule has 0 saturated heterocycles. The molecule has 0 radical (unpaired) electrons. The van der Waals surface area contributed by atoms with E-state index < -0.39 is 5.91 Å². The van der Waals surface area contributed by atoms with Crippen LogP contribution in [0.2, 0.25) is 0 Å². The van der Waals surface area contributed by atoms with Crippen molar-refractivity contribution in [3.8, 4) is 0 Å². The highest BCUT2D eigenvalue weighted by atomic mass is 19.1.